The highest BCUT2D eigenvalue weighted by molar-refractivity contribution is 5.85. The van der Waals surface area contributed by atoms with Gasteiger partial charge in [0.15, 0.2) is 0 Å². The van der Waals surface area contributed by atoms with E-state index in [1.54, 1.807) is 7.11 Å². The molecule has 0 aromatic rings. The van der Waals surface area contributed by atoms with E-state index in [9.17, 15) is 0 Å². The van der Waals surface area contributed by atoms with Gasteiger partial charge in [0, 0.05) is 24.0 Å². The number of oxime groups is 1. The van der Waals surface area contributed by atoms with Gasteiger partial charge in [-0.1, -0.05) is 32.9 Å². The number of nitrogens with zero attached hydrogens (tertiary/aromatic N) is 1. The van der Waals surface area contributed by atoms with Gasteiger partial charge in [-0.05, 0) is 25.8 Å². The Labute approximate surface area is 116 Å². The maximum atomic E-state index is 8.72. The zero-order valence-corrected chi connectivity index (χ0v) is 12.9. The Balaban J connectivity index is 2.26. The van der Waals surface area contributed by atoms with Crippen LogP contribution in [0.25, 0.3) is 0 Å². The highest BCUT2D eigenvalue weighted by atomic mass is 16.5. The van der Waals surface area contributed by atoms with Gasteiger partial charge < -0.3 is 21.0 Å². The zero-order chi connectivity index (χ0) is 14.7. The first kappa shape index (κ1) is 16.2. The third-order valence-corrected chi connectivity index (χ3v) is 4.63. The molecular weight excluding hydrogens is 242 g/mol. The molecule has 1 fully saturated rings. The molecule has 2 unspecified atom stereocenters. The lowest BCUT2D eigenvalue weighted by atomic mass is 9.64. The number of ether oxygens (including phenoxy) is 1. The highest BCUT2D eigenvalue weighted by Crippen LogP contribution is 2.42. The second kappa shape index (κ2) is 6.09. The van der Waals surface area contributed by atoms with Gasteiger partial charge in [-0.2, -0.15) is 0 Å². The summed E-state index contributed by atoms with van der Waals surface area (Å²) in [5.74, 6) is 0.302. The van der Waals surface area contributed by atoms with Gasteiger partial charge in [-0.15, -0.1) is 0 Å². The molecular formula is C14H29N3O2. The standard InChI is InChI=1S/C14H29N3O2/c1-13(2,12(15)17-18)7-6-8-16-10-9-11(19-5)14(10,3)4/h10-11,16,18H,6-9H2,1-5H3,(H2,15,17). The average Bonchev–Trinajstić information content (AvgIpc) is 2.35. The van der Waals surface area contributed by atoms with Gasteiger partial charge in [0.2, 0.25) is 0 Å². The SMILES string of the molecule is COC1CC(NCCCC(C)(C)C(N)=NO)C1(C)C. The summed E-state index contributed by atoms with van der Waals surface area (Å²) in [6.07, 6.45) is 3.34. The Morgan fingerprint density at radius 2 is 2.16 bits per heavy atom. The molecule has 0 radical (unpaired) electrons. The summed E-state index contributed by atoms with van der Waals surface area (Å²) in [5.41, 5.74) is 5.63. The number of methoxy groups -OCH3 is 1. The summed E-state index contributed by atoms with van der Waals surface area (Å²) >= 11 is 0. The molecule has 0 aromatic carbocycles. The van der Waals surface area contributed by atoms with Crippen LogP contribution in [0.2, 0.25) is 0 Å². The molecule has 1 aliphatic rings. The van der Waals surface area contributed by atoms with Crippen LogP contribution >= 0.6 is 0 Å². The summed E-state index contributed by atoms with van der Waals surface area (Å²) in [5, 5.41) is 15.4. The van der Waals surface area contributed by atoms with Crippen molar-refractivity contribution in [1.82, 2.24) is 5.32 Å². The zero-order valence-electron chi connectivity index (χ0n) is 12.9. The molecule has 0 saturated heterocycles. The van der Waals surface area contributed by atoms with Crippen molar-refractivity contribution in [2.45, 2.75) is 59.1 Å². The molecule has 1 saturated carbocycles. The third kappa shape index (κ3) is 3.60. The van der Waals surface area contributed by atoms with Gasteiger partial charge in [0.05, 0.1) is 6.10 Å². The number of nitrogens with two attached hydrogens (primary N) is 1. The Hall–Kier alpha value is -0.810. The second-order valence-electron chi connectivity index (χ2n) is 6.76. The van der Waals surface area contributed by atoms with E-state index in [-0.39, 0.29) is 10.8 Å². The Bertz CT molecular complexity index is 327. The van der Waals surface area contributed by atoms with Crippen LogP contribution in [0.4, 0.5) is 0 Å². The number of nitrogens with one attached hydrogen (secondary N) is 1. The van der Waals surface area contributed by atoms with Crippen molar-refractivity contribution in [3.05, 3.63) is 0 Å². The smallest absolute Gasteiger partial charge is 0.144 e. The number of rotatable bonds is 7. The fourth-order valence-electron chi connectivity index (χ4n) is 2.70. The Morgan fingerprint density at radius 3 is 2.63 bits per heavy atom. The molecule has 0 heterocycles. The fraction of sp³-hybridized carbons (Fsp3) is 0.929. The lowest BCUT2D eigenvalue weighted by molar-refractivity contribution is -0.0973. The molecule has 0 spiro atoms. The predicted molar refractivity (Wildman–Crippen MR) is 77.4 cm³/mol. The van der Waals surface area contributed by atoms with Gasteiger partial charge in [-0.25, -0.2) is 0 Å². The van der Waals surface area contributed by atoms with Gasteiger partial charge in [0.25, 0.3) is 0 Å². The minimum atomic E-state index is -0.249. The molecule has 0 bridgehead atoms. The van der Waals surface area contributed by atoms with Crippen LogP contribution in [0.5, 0.6) is 0 Å². The summed E-state index contributed by atoms with van der Waals surface area (Å²) in [7, 11) is 1.78. The normalized spacial score (nSPS) is 27.1. The number of hydrogen-bond donors (Lipinski definition) is 3. The van der Waals surface area contributed by atoms with Gasteiger partial charge in [-0.3, -0.25) is 0 Å². The van der Waals surface area contributed by atoms with Gasteiger partial charge >= 0.3 is 0 Å². The molecule has 112 valence electrons. The molecule has 19 heavy (non-hydrogen) atoms. The van der Waals surface area contributed by atoms with E-state index in [0.717, 1.165) is 25.8 Å². The van der Waals surface area contributed by atoms with Crippen LogP contribution < -0.4 is 11.1 Å². The van der Waals surface area contributed by atoms with E-state index in [1.807, 2.05) is 13.8 Å². The van der Waals surface area contributed by atoms with Crippen LogP contribution in [-0.4, -0.2) is 36.8 Å². The Kier molecular flexibility index (Phi) is 5.21. The third-order valence-electron chi connectivity index (χ3n) is 4.63. The molecule has 0 aliphatic heterocycles. The fourth-order valence-corrected chi connectivity index (χ4v) is 2.70. The van der Waals surface area contributed by atoms with Crippen molar-refractivity contribution in [1.29, 1.82) is 0 Å². The van der Waals surface area contributed by atoms with Crippen molar-refractivity contribution in [3.63, 3.8) is 0 Å². The summed E-state index contributed by atoms with van der Waals surface area (Å²) in [6.45, 7) is 9.42. The van der Waals surface area contributed by atoms with E-state index in [1.165, 1.54) is 0 Å². The summed E-state index contributed by atoms with van der Waals surface area (Å²) in [6, 6.07) is 0.518. The molecule has 1 rings (SSSR count). The minimum absolute atomic E-state index is 0.204. The molecule has 4 N–H and O–H groups in total. The van der Waals surface area contributed by atoms with Crippen LogP contribution in [0.3, 0.4) is 0 Å². The Morgan fingerprint density at radius 1 is 1.53 bits per heavy atom. The van der Waals surface area contributed by atoms with E-state index in [0.29, 0.717) is 18.0 Å². The van der Waals surface area contributed by atoms with E-state index in [4.69, 9.17) is 15.7 Å². The predicted octanol–water partition coefficient (Wildman–Crippen LogP) is 1.94. The van der Waals surface area contributed by atoms with Crippen molar-refractivity contribution < 1.29 is 9.94 Å². The van der Waals surface area contributed by atoms with Gasteiger partial charge in [0.1, 0.15) is 5.84 Å². The first-order valence-corrected chi connectivity index (χ1v) is 7.00. The average molecular weight is 271 g/mol. The van der Waals surface area contributed by atoms with Crippen molar-refractivity contribution in [3.8, 4) is 0 Å². The van der Waals surface area contributed by atoms with Crippen LogP contribution in [-0.2, 0) is 4.74 Å². The maximum absolute atomic E-state index is 8.72. The monoisotopic (exact) mass is 271 g/mol. The molecule has 5 nitrogen and oxygen atoms in total. The van der Waals surface area contributed by atoms with Crippen molar-refractivity contribution in [2.24, 2.45) is 21.7 Å². The first-order chi connectivity index (χ1) is 8.75. The van der Waals surface area contributed by atoms with E-state index < -0.39 is 0 Å². The van der Waals surface area contributed by atoms with Crippen LogP contribution in [0.1, 0.15) is 47.0 Å². The van der Waals surface area contributed by atoms with Crippen LogP contribution in [0.15, 0.2) is 5.16 Å². The quantitative estimate of drug-likeness (QED) is 0.217. The second-order valence-corrected chi connectivity index (χ2v) is 6.76. The lowest BCUT2D eigenvalue weighted by Crippen LogP contribution is -2.60. The maximum Gasteiger partial charge on any atom is 0.144 e. The van der Waals surface area contributed by atoms with Crippen molar-refractivity contribution >= 4 is 5.84 Å². The summed E-state index contributed by atoms with van der Waals surface area (Å²) in [4.78, 5) is 0. The van der Waals surface area contributed by atoms with Crippen LogP contribution in [0, 0.1) is 10.8 Å². The topological polar surface area (TPSA) is 79.9 Å². The molecule has 5 heteroatoms. The van der Waals surface area contributed by atoms with E-state index >= 15 is 0 Å². The van der Waals surface area contributed by atoms with E-state index in [2.05, 4.69) is 24.3 Å². The molecule has 0 amide bonds. The largest absolute Gasteiger partial charge is 0.409 e. The molecule has 2 atom stereocenters. The highest BCUT2D eigenvalue weighted by Gasteiger charge is 2.48. The first-order valence-electron chi connectivity index (χ1n) is 7.00. The summed E-state index contributed by atoms with van der Waals surface area (Å²) < 4.78 is 5.44. The number of amidine groups is 1. The number of hydrogen-bond acceptors (Lipinski definition) is 4. The van der Waals surface area contributed by atoms with Crippen molar-refractivity contribution in [2.75, 3.05) is 13.7 Å². The lowest BCUT2D eigenvalue weighted by Gasteiger charge is -2.51. The molecule has 1 aliphatic carbocycles. The minimum Gasteiger partial charge on any atom is -0.409 e. The molecule has 0 aromatic heterocycles.